The van der Waals surface area contributed by atoms with Crippen molar-refractivity contribution in [3.05, 3.63) is 0 Å². The fourth-order valence-corrected chi connectivity index (χ4v) is 2.74. The van der Waals surface area contributed by atoms with E-state index in [-0.39, 0.29) is 35.9 Å². The number of hydrogen-bond acceptors (Lipinski definition) is 3. The molecule has 0 aliphatic carbocycles. The summed E-state index contributed by atoms with van der Waals surface area (Å²) in [7, 11) is 4.04. The molecule has 1 fully saturated rings. The Morgan fingerprint density at radius 2 is 1.85 bits per heavy atom. The predicted octanol–water partition coefficient (Wildman–Crippen LogP) is 1.09. The zero-order chi connectivity index (χ0) is 15.4. The molecule has 1 rings (SSSR count). The van der Waals surface area contributed by atoms with E-state index in [0.717, 1.165) is 13.0 Å². The lowest BCUT2D eigenvalue weighted by Crippen LogP contribution is -2.66. The van der Waals surface area contributed by atoms with Crippen LogP contribution in [0.5, 0.6) is 0 Å². The van der Waals surface area contributed by atoms with E-state index < -0.39 is 0 Å². The first-order valence-electron chi connectivity index (χ1n) is 7.56. The highest BCUT2D eigenvalue weighted by molar-refractivity contribution is 5.97. The molecule has 0 aromatic heterocycles. The summed E-state index contributed by atoms with van der Waals surface area (Å²) in [6, 6.07) is -0.626. The minimum Gasteiger partial charge on any atom is -0.343 e. The second kappa shape index (κ2) is 7.07. The molecule has 5 nitrogen and oxygen atoms in total. The Hall–Kier alpha value is -1.10. The highest BCUT2D eigenvalue weighted by atomic mass is 16.2. The van der Waals surface area contributed by atoms with Crippen molar-refractivity contribution >= 4 is 11.8 Å². The molecule has 1 aliphatic heterocycles. The summed E-state index contributed by atoms with van der Waals surface area (Å²) in [6.45, 7) is 8.88. The zero-order valence-electron chi connectivity index (χ0n) is 13.6. The molecule has 5 heteroatoms. The van der Waals surface area contributed by atoms with Crippen LogP contribution in [0.1, 0.15) is 40.5 Å². The molecule has 1 aliphatic rings. The molecule has 20 heavy (non-hydrogen) atoms. The third kappa shape index (κ3) is 3.72. The third-order valence-electron chi connectivity index (χ3n) is 3.95. The van der Waals surface area contributed by atoms with Crippen molar-refractivity contribution in [3.8, 4) is 0 Å². The molecule has 1 N–H and O–H groups in total. The van der Waals surface area contributed by atoms with Crippen LogP contribution in [0.4, 0.5) is 0 Å². The Morgan fingerprint density at radius 1 is 1.25 bits per heavy atom. The van der Waals surface area contributed by atoms with Crippen LogP contribution in [0, 0.1) is 5.92 Å². The third-order valence-corrected chi connectivity index (χ3v) is 3.95. The molecule has 0 bridgehead atoms. The van der Waals surface area contributed by atoms with Crippen LogP contribution in [0.15, 0.2) is 0 Å². The maximum atomic E-state index is 12.6. The molecule has 0 spiro atoms. The van der Waals surface area contributed by atoms with E-state index in [9.17, 15) is 9.59 Å². The van der Waals surface area contributed by atoms with Crippen molar-refractivity contribution < 1.29 is 9.59 Å². The number of hydrogen-bond donors (Lipinski definition) is 1. The Kier molecular flexibility index (Phi) is 5.99. The summed E-state index contributed by atoms with van der Waals surface area (Å²) >= 11 is 0. The van der Waals surface area contributed by atoms with E-state index in [1.165, 1.54) is 0 Å². The molecule has 3 unspecified atom stereocenters. The van der Waals surface area contributed by atoms with E-state index in [0.29, 0.717) is 6.42 Å². The minimum atomic E-state index is -0.362. The first kappa shape index (κ1) is 17.0. The maximum Gasteiger partial charge on any atom is 0.246 e. The number of carbonyl (C=O) groups is 2. The van der Waals surface area contributed by atoms with Gasteiger partial charge in [-0.1, -0.05) is 20.8 Å². The summed E-state index contributed by atoms with van der Waals surface area (Å²) in [5, 5.41) is 2.86. The van der Waals surface area contributed by atoms with Gasteiger partial charge in [-0.25, -0.2) is 0 Å². The summed E-state index contributed by atoms with van der Waals surface area (Å²) in [5.41, 5.74) is 0. The number of amides is 2. The van der Waals surface area contributed by atoms with Crippen molar-refractivity contribution in [2.75, 3.05) is 20.6 Å². The molecule has 1 heterocycles. The van der Waals surface area contributed by atoms with Gasteiger partial charge in [0.05, 0.1) is 0 Å². The second-order valence-electron chi connectivity index (χ2n) is 6.34. The van der Waals surface area contributed by atoms with Crippen molar-refractivity contribution in [2.45, 2.75) is 58.7 Å². The number of piperazine rings is 1. The van der Waals surface area contributed by atoms with Crippen molar-refractivity contribution in [3.63, 3.8) is 0 Å². The molecule has 2 amide bonds. The lowest BCUT2D eigenvalue weighted by Gasteiger charge is -2.44. The zero-order valence-corrected chi connectivity index (χ0v) is 13.6. The lowest BCUT2D eigenvalue weighted by molar-refractivity contribution is -0.154. The highest BCUT2D eigenvalue weighted by Gasteiger charge is 2.43. The van der Waals surface area contributed by atoms with Crippen LogP contribution in [-0.4, -0.2) is 60.4 Å². The van der Waals surface area contributed by atoms with Gasteiger partial charge in [0.2, 0.25) is 11.8 Å². The van der Waals surface area contributed by atoms with E-state index in [1.54, 1.807) is 0 Å². The fourth-order valence-electron chi connectivity index (χ4n) is 2.74. The van der Waals surface area contributed by atoms with Gasteiger partial charge < -0.3 is 15.1 Å². The lowest BCUT2D eigenvalue weighted by atomic mass is 9.94. The second-order valence-corrected chi connectivity index (χ2v) is 6.34. The molecule has 0 saturated carbocycles. The highest BCUT2D eigenvalue weighted by Crippen LogP contribution is 2.22. The van der Waals surface area contributed by atoms with Gasteiger partial charge in [0.25, 0.3) is 0 Å². The average Bonchev–Trinajstić information content (AvgIpc) is 2.37. The molecule has 0 aromatic rings. The smallest absolute Gasteiger partial charge is 0.246 e. The van der Waals surface area contributed by atoms with Crippen molar-refractivity contribution in [1.29, 1.82) is 0 Å². The SMILES string of the molecule is CCC1NC(=O)C(C(C)C)N(C(C)CCN(C)C)C1=O. The number of carbonyl (C=O) groups excluding carboxylic acids is 2. The average molecular weight is 283 g/mol. The standard InChI is InChI=1S/C15H29N3O2/c1-7-12-15(20)18(11(4)8-9-17(5)6)13(10(2)3)14(19)16-12/h10-13H,7-9H2,1-6H3,(H,16,19). The van der Waals surface area contributed by atoms with Crippen LogP contribution in [0.3, 0.4) is 0 Å². The van der Waals surface area contributed by atoms with Crippen LogP contribution in [-0.2, 0) is 9.59 Å². The van der Waals surface area contributed by atoms with Crippen LogP contribution in [0.25, 0.3) is 0 Å². The van der Waals surface area contributed by atoms with Gasteiger partial charge in [-0.3, -0.25) is 9.59 Å². The summed E-state index contributed by atoms with van der Waals surface area (Å²) in [6.07, 6.45) is 1.53. The van der Waals surface area contributed by atoms with Crippen LogP contribution >= 0.6 is 0 Å². The Labute approximate surface area is 122 Å². The molecule has 0 aromatic carbocycles. The van der Waals surface area contributed by atoms with Crippen molar-refractivity contribution in [1.82, 2.24) is 15.1 Å². The van der Waals surface area contributed by atoms with Gasteiger partial charge in [-0.2, -0.15) is 0 Å². The van der Waals surface area contributed by atoms with E-state index in [2.05, 4.69) is 10.2 Å². The topological polar surface area (TPSA) is 52.7 Å². The molecular formula is C15H29N3O2. The van der Waals surface area contributed by atoms with E-state index in [4.69, 9.17) is 0 Å². The summed E-state index contributed by atoms with van der Waals surface area (Å²) < 4.78 is 0. The Morgan fingerprint density at radius 3 is 2.30 bits per heavy atom. The Balaban J connectivity index is 2.93. The van der Waals surface area contributed by atoms with Gasteiger partial charge in [0.1, 0.15) is 12.1 Å². The van der Waals surface area contributed by atoms with Crippen molar-refractivity contribution in [2.24, 2.45) is 5.92 Å². The monoisotopic (exact) mass is 283 g/mol. The van der Waals surface area contributed by atoms with Gasteiger partial charge >= 0.3 is 0 Å². The predicted molar refractivity (Wildman–Crippen MR) is 80.3 cm³/mol. The first-order valence-corrected chi connectivity index (χ1v) is 7.56. The summed E-state index contributed by atoms with van der Waals surface area (Å²) in [5.74, 6) is 0.179. The van der Waals surface area contributed by atoms with E-state index >= 15 is 0 Å². The van der Waals surface area contributed by atoms with Gasteiger partial charge in [-0.15, -0.1) is 0 Å². The van der Waals surface area contributed by atoms with Crippen LogP contribution < -0.4 is 5.32 Å². The van der Waals surface area contributed by atoms with E-state index in [1.807, 2.05) is 46.7 Å². The van der Waals surface area contributed by atoms with Gasteiger partial charge in [-0.05, 0) is 46.3 Å². The number of nitrogens with one attached hydrogen (secondary N) is 1. The normalized spacial score (nSPS) is 25.3. The number of rotatable bonds is 6. The molecular weight excluding hydrogens is 254 g/mol. The minimum absolute atomic E-state index is 0.0110. The molecule has 0 radical (unpaired) electrons. The quantitative estimate of drug-likeness (QED) is 0.794. The van der Waals surface area contributed by atoms with Crippen LogP contribution in [0.2, 0.25) is 0 Å². The molecule has 116 valence electrons. The Bertz CT molecular complexity index is 355. The van der Waals surface area contributed by atoms with Gasteiger partial charge in [0.15, 0.2) is 0 Å². The van der Waals surface area contributed by atoms with Gasteiger partial charge in [0, 0.05) is 6.04 Å². The molecule has 1 saturated heterocycles. The molecule has 3 atom stereocenters. The maximum absolute atomic E-state index is 12.6. The summed E-state index contributed by atoms with van der Waals surface area (Å²) in [4.78, 5) is 28.8. The fraction of sp³-hybridized carbons (Fsp3) is 0.867. The largest absolute Gasteiger partial charge is 0.343 e. The first-order chi connectivity index (χ1) is 9.29. The number of nitrogens with zero attached hydrogens (tertiary/aromatic N) is 2.